The van der Waals surface area contributed by atoms with Crippen molar-refractivity contribution in [3.05, 3.63) is 76.3 Å². The largest absolute Gasteiger partial charge is 0.396 e. The Kier molecular flexibility index (Phi) is 5.13. The van der Waals surface area contributed by atoms with E-state index in [0.29, 0.717) is 16.6 Å². The number of anilines is 1. The van der Waals surface area contributed by atoms with E-state index in [0.717, 1.165) is 28.8 Å². The first-order chi connectivity index (χ1) is 13.5. The second-order valence-electron chi connectivity index (χ2n) is 6.17. The predicted octanol–water partition coefficient (Wildman–Crippen LogP) is 4.28. The fraction of sp³-hybridized carbons (Fsp3) is 0.211. The molecule has 5 nitrogen and oxygen atoms in total. The lowest BCUT2D eigenvalue weighted by molar-refractivity contribution is 0.266. The van der Waals surface area contributed by atoms with Gasteiger partial charge in [-0.05, 0) is 30.7 Å². The third kappa shape index (κ3) is 3.30. The number of hydrazone groups is 1. The summed E-state index contributed by atoms with van der Waals surface area (Å²) in [5.41, 5.74) is 0.949. The van der Waals surface area contributed by atoms with Crippen LogP contribution < -0.4 is 5.01 Å². The maximum atomic E-state index is 14.4. The molecule has 0 amide bonds. The summed E-state index contributed by atoms with van der Waals surface area (Å²) in [6, 6.07) is 12.8. The number of aromatic nitrogens is 2. The zero-order chi connectivity index (χ0) is 19.7. The highest BCUT2D eigenvalue weighted by atomic mass is 32.2. The van der Waals surface area contributed by atoms with E-state index < -0.39 is 16.5 Å². The van der Waals surface area contributed by atoms with Gasteiger partial charge in [0, 0.05) is 18.6 Å². The van der Waals surface area contributed by atoms with Gasteiger partial charge in [-0.2, -0.15) is 5.10 Å². The van der Waals surface area contributed by atoms with Crippen molar-refractivity contribution in [2.24, 2.45) is 5.10 Å². The molecule has 28 heavy (non-hydrogen) atoms. The highest BCUT2D eigenvalue weighted by Gasteiger charge is 2.47. The zero-order valence-electron chi connectivity index (χ0n) is 14.8. The number of halogens is 2. The van der Waals surface area contributed by atoms with Gasteiger partial charge in [-0.1, -0.05) is 53.4 Å². The van der Waals surface area contributed by atoms with Crippen LogP contribution in [0.3, 0.4) is 0 Å². The molecule has 0 fully saturated rings. The predicted molar refractivity (Wildman–Crippen MR) is 107 cm³/mol. The van der Waals surface area contributed by atoms with E-state index in [-0.39, 0.29) is 12.2 Å². The van der Waals surface area contributed by atoms with Crippen molar-refractivity contribution in [2.45, 2.75) is 18.2 Å². The van der Waals surface area contributed by atoms with Gasteiger partial charge in [0.05, 0.1) is 0 Å². The van der Waals surface area contributed by atoms with Crippen LogP contribution in [-0.2, 0) is 4.87 Å². The van der Waals surface area contributed by atoms with Gasteiger partial charge in [0.1, 0.15) is 26.6 Å². The van der Waals surface area contributed by atoms with Crippen LogP contribution in [0, 0.1) is 18.6 Å². The van der Waals surface area contributed by atoms with E-state index in [1.807, 2.05) is 37.3 Å². The van der Waals surface area contributed by atoms with Crippen molar-refractivity contribution in [3.63, 3.8) is 0 Å². The van der Waals surface area contributed by atoms with Crippen LogP contribution >= 0.6 is 23.1 Å². The second kappa shape index (κ2) is 7.57. The Bertz CT molecular complexity index is 1030. The fourth-order valence-corrected chi connectivity index (χ4v) is 5.21. The van der Waals surface area contributed by atoms with Crippen LogP contribution in [-0.4, -0.2) is 27.0 Å². The normalized spacial score (nSPS) is 19.1. The standard InChI is InChI=1S/C19H16F2N4OS2/c1-12-22-23-18(27-12)25-19(9-10-26,13-5-3-2-4-6-13)28-17(24-25)15-11-14(20)7-8-16(15)21/h2-8,11,26H,9-10H2,1H3. The second-order valence-corrected chi connectivity index (χ2v) is 8.60. The van der Waals surface area contributed by atoms with Crippen LogP contribution in [0.1, 0.15) is 22.6 Å². The van der Waals surface area contributed by atoms with Crippen LogP contribution in [0.15, 0.2) is 53.6 Å². The number of thioether (sulfide) groups is 1. The Morgan fingerprint density at radius 3 is 2.57 bits per heavy atom. The molecule has 0 aliphatic carbocycles. The molecule has 1 aliphatic rings. The van der Waals surface area contributed by atoms with Crippen molar-refractivity contribution < 1.29 is 13.9 Å². The van der Waals surface area contributed by atoms with E-state index in [9.17, 15) is 13.9 Å². The summed E-state index contributed by atoms with van der Waals surface area (Å²) >= 11 is 2.62. The number of aryl methyl sites for hydroxylation is 1. The maximum absolute atomic E-state index is 14.4. The smallest absolute Gasteiger partial charge is 0.230 e. The lowest BCUT2D eigenvalue weighted by Gasteiger charge is -2.34. The highest BCUT2D eigenvalue weighted by Crippen LogP contribution is 2.52. The first-order valence-corrected chi connectivity index (χ1v) is 10.2. The molecule has 1 aliphatic heterocycles. The van der Waals surface area contributed by atoms with E-state index >= 15 is 0 Å². The Labute approximate surface area is 168 Å². The number of rotatable bonds is 5. The van der Waals surface area contributed by atoms with E-state index in [1.54, 1.807) is 5.01 Å². The van der Waals surface area contributed by atoms with E-state index in [2.05, 4.69) is 15.3 Å². The molecule has 9 heteroatoms. The molecule has 1 N–H and O–H groups in total. The third-order valence-corrected chi connectivity index (χ3v) is 6.59. The first-order valence-electron chi connectivity index (χ1n) is 8.53. The van der Waals surface area contributed by atoms with Crippen LogP contribution in [0.5, 0.6) is 0 Å². The molecule has 2 heterocycles. The highest BCUT2D eigenvalue weighted by molar-refractivity contribution is 8.15. The number of hydrogen-bond donors (Lipinski definition) is 1. The van der Waals surface area contributed by atoms with Crippen LogP contribution in [0.2, 0.25) is 0 Å². The lowest BCUT2D eigenvalue weighted by Crippen LogP contribution is -2.38. The Morgan fingerprint density at radius 2 is 1.89 bits per heavy atom. The minimum absolute atomic E-state index is 0.0759. The average Bonchev–Trinajstić information content (AvgIpc) is 3.29. The molecular weight excluding hydrogens is 402 g/mol. The van der Waals surface area contributed by atoms with Gasteiger partial charge in [-0.15, -0.1) is 10.2 Å². The number of benzene rings is 2. The molecule has 0 radical (unpaired) electrons. The Morgan fingerprint density at radius 1 is 1.11 bits per heavy atom. The summed E-state index contributed by atoms with van der Waals surface area (Å²) in [7, 11) is 0. The molecule has 3 aromatic rings. The number of nitrogens with zero attached hydrogens (tertiary/aromatic N) is 4. The average molecular weight is 418 g/mol. The zero-order valence-corrected chi connectivity index (χ0v) is 16.5. The van der Waals surface area contributed by atoms with E-state index in [4.69, 9.17) is 0 Å². The number of aliphatic hydroxyl groups is 1. The van der Waals surface area contributed by atoms with E-state index in [1.165, 1.54) is 23.1 Å². The third-order valence-electron chi connectivity index (χ3n) is 4.33. The van der Waals surface area contributed by atoms with Gasteiger partial charge in [-0.3, -0.25) is 0 Å². The first kappa shape index (κ1) is 19.0. The Hall–Kier alpha value is -2.36. The SMILES string of the molecule is Cc1nnc(N2N=C(c3cc(F)ccc3F)SC2(CCO)c2ccccc2)s1. The quantitative estimate of drug-likeness (QED) is 0.670. The molecule has 1 atom stereocenters. The molecule has 2 aromatic carbocycles. The van der Waals surface area contributed by atoms with Gasteiger partial charge in [0.2, 0.25) is 5.13 Å². The summed E-state index contributed by atoms with van der Waals surface area (Å²) in [5, 5.41) is 25.9. The van der Waals surface area contributed by atoms with Crippen LogP contribution in [0.25, 0.3) is 0 Å². The molecule has 4 rings (SSSR count). The van der Waals surface area contributed by atoms with Gasteiger partial charge < -0.3 is 5.11 Å². The Balaban J connectivity index is 1.89. The minimum Gasteiger partial charge on any atom is -0.396 e. The number of aliphatic hydroxyl groups excluding tert-OH is 1. The molecule has 1 unspecified atom stereocenters. The summed E-state index contributed by atoms with van der Waals surface area (Å²) in [4.78, 5) is -0.851. The maximum Gasteiger partial charge on any atom is 0.230 e. The molecule has 0 bridgehead atoms. The summed E-state index contributed by atoms with van der Waals surface area (Å²) in [6.07, 6.45) is 0.310. The van der Waals surface area contributed by atoms with Crippen molar-refractivity contribution in [3.8, 4) is 0 Å². The van der Waals surface area contributed by atoms with Gasteiger partial charge in [-0.25, -0.2) is 13.8 Å². The van der Waals surface area contributed by atoms with Crippen molar-refractivity contribution in [1.82, 2.24) is 10.2 Å². The van der Waals surface area contributed by atoms with Crippen molar-refractivity contribution in [1.29, 1.82) is 0 Å². The molecule has 0 saturated heterocycles. The van der Waals surface area contributed by atoms with Gasteiger partial charge >= 0.3 is 0 Å². The van der Waals surface area contributed by atoms with Gasteiger partial charge in [0.15, 0.2) is 0 Å². The van der Waals surface area contributed by atoms with Crippen molar-refractivity contribution in [2.75, 3.05) is 11.6 Å². The monoisotopic (exact) mass is 418 g/mol. The lowest BCUT2D eigenvalue weighted by atomic mass is 10.0. The minimum atomic E-state index is -0.851. The topological polar surface area (TPSA) is 61.6 Å². The van der Waals surface area contributed by atoms with Gasteiger partial charge in [0.25, 0.3) is 0 Å². The summed E-state index contributed by atoms with van der Waals surface area (Å²) < 4.78 is 28.2. The van der Waals surface area contributed by atoms with Crippen molar-refractivity contribution >= 4 is 33.3 Å². The molecular formula is C19H16F2N4OS2. The molecule has 1 aromatic heterocycles. The summed E-state index contributed by atoms with van der Waals surface area (Å²) in [6.45, 7) is 1.71. The molecule has 0 spiro atoms. The number of hydrogen-bond acceptors (Lipinski definition) is 7. The fourth-order valence-electron chi connectivity index (χ4n) is 3.07. The molecule has 144 valence electrons. The molecule has 0 saturated carbocycles. The summed E-state index contributed by atoms with van der Waals surface area (Å²) in [5.74, 6) is -1.11. The van der Waals surface area contributed by atoms with Crippen LogP contribution in [0.4, 0.5) is 13.9 Å².